The van der Waals surface area contributed by atoms with Crippen LogP contribution in [0, 0.1) is 35.5 Å². The van der Waals surface area contributed by atoms with Gasteiger partial charge < -0.3 is 5.32 Å². The number of imide groups is 1. The Labute approximate surface area is 158 Å². The number of allylic oxidation sites excluding steroid dienone is 2. The first-order valence-electron chi connectivity index (χ1n) is 10.0. The normalized spacial score (nSPS) is 35.2. The van der Waals surface area contributed by atoms with Crippen molar-refractivity contribution in [2.75, 3.05) is 11.9 Å². The summed E-state index contributed by atoms with van der Waals surface area (Å²) in [7, 11) is 0. The van der Waals surface area contributed by atoms with Gasteiger partial charge in [-0.15, -0.1) is 0 Å². The Bertz CT molecular complexity index is 825. The standard InChI is InChI=1S/C22H24N2O3/c1-2-12-5-3-4-6-17(12)23-18(25)9-10-24-21(26)19-13-7-8-14(16-11-15(13)16)20(19)22(24)27/h3-8,13-16,19-20H,2,9-11H2,1H3,(H,23,25)/t13-,14-,15-,16+,19+,20-/m1/s1. The molecule has 1 aliphatic heterocycles. The molecule has 5 nitrogen and oxygen atoms in total. The predicted octanol–water partition coefficient (Wildman–Crippen LogP) is 2.63. The van der Waals surface area contributed by atoms with Crippen molar-refractivity contribution in [1.82, 2.24) is 4.90 Å². The summed E-state index contributed by atoms with van der Waals surface area (Å²) >= 11 is 0. The highest BCUT2D eigenvalue weighted by Crippen LogP contribution is 2.65. The van der Waals surface area contributed by atoms with E-state index < -0.39 is 0 Å². The summed E-state index contributed by atoms with van der Waals surface area (Å²) in [6.07, 6.45) is 6.48. The second-order valence-electron chi connectivity index (χ2n) is 8.29. The van der Waals surface area contributed by atoms with Crippen molar-refractivity contribution in [2.24, 2.45) is 35.5 Å². The Morgan fingerprint density at radius 2 is 1.70 bits per heavy atom. The van der Waals surface area contributed by atoms with Gasteiger partial charge in [-0.05, 0) is 48.1 Å². The lowest BCUT2D eigenvalue weighted by atomic mass is 9.63. The van der Waals surface area contributed by atoms with Crippen molar-refractivity contribution in [2.45, 2.75) is 26.2 Å². The smallest absolute Gasteiger partial charge is 0.233 e. The fourth-order valence-corrected chi connectivity index (χ4v) is 5.62. The molecule has 0 spiro atoms. The van der Waals surface area contributed by atoms with Gasteiger partial charge in [0.05, 0.1) is 11.8 Å². The SMILES string of the molecule is CCc1ccccc1NC(=O)CCN1C(=O)[C@@H]2[C@@H]3C=C[C@H]([C@H]4C[C@@H]34)[C@@H]2C1=O. The molecule has 140 valence electrons. The highest BCUT2D eigenvalue weighted by molar-refractivity contribution is 6.06. The van der Waals surface area contributed by atoms with Crippen LogP contribution >= 0.6 is 0 Å². The summed E-state index contributed by atoms with van der Waals surface area (Å²) in [6, 6.07) is 7.71. The third-order valence-electron chi connectivity index (χ3n) is 6.99. The van der Waals surface area contributed by atoms with Crippen molar-refractivity contribution in [3.63, 3.8) is 0 Å². The van der Waals surface area contributed by atoms with E-state index in [4.69, 9.17) is 0 Å². The van der Waals surface area contributed by atoms with Crippen LogP contribution in [0.4, 0.5) is 5.69 Å². The molecule has 1 aromatic carbocycles. The lowest BCUT2D eigenvalue weighted by molar-refractivity contribution is -0.140. The fraction of sp³-hybridized carbons (Fsp3) is 0.500. The number of carbonyl (C=O) groups is 3. The van der Waals surface area contributed by atoms with E-state index in [0.29, 0.717) is 11.8 Å². The molecule has 0 radical (unpaired) electrons. The van der Waals surface area contributed by atoms with Gasteiger partial charge in [0.1, 0.15) is 0 Å². The molecular weight excluding hydrogens is 340 g/mol. The number of para-hydroxylation sites is 1. The van der Waals surface area contributed by atoms with E-state index in [9.17, 15) is 14.4 Å². The van der Waals surface area contributed by atoms with Crippen LogP contribution in [0.2, 0.25) is 0 Å². The average Bonchev–Trinajstić information content (AvgIpc) is 3.46. The van der Waals surface area contributed by atoms with Gasteiger partial charge in [0.2, 0.25) is 17.7 Å². The Hall–Kier alpha value is -2.43. The molecule has 1 heterocycles. The van der Waals surface area contributed by atoms with Crippen molar-refractivity contribution >= 4 is 23.4 Å². The Balaban J connectivity index is 1.25. The first-order chi connectivity index (χ1) is 13.1. The topological polar surface area (TPSA) is 66.5 Å². The third kappa shape index (κ3) is 2.47. The minimum absolute atomic E-state index is 0.0588. The van der Waals surface area contributed by atoms with E-state index in [0.717, 1.165) is 24.1 Å². The quantitative estimate of drug-likeness (QED) is 0.645. The number of aryl methyl sites for hydroxylation is 1. The molecule has 1 saturated heterocycles. The number of nitrogens with zero attached hydrogens (tertiary/aromatic N) is 1. The van der Waals surface area contributed by atoms with Crippen molar-refractivity contribution < 1.29 is 14.4 Å². The number of hydrogen-bond donors (Lipinski definition) is 1. The number of likely N-dealkylation sites (tertiary alicyclic amines) is 1. The molecular formula is C22H24N2O3. The predicted molar refractivity (Wildman–Crippen MR) is 100 cm³/mol. The molecule has 1 N–H and O–H groups in total. The lowest BCUT2D eigenvalue weighted by Crippen LogP contribution is -2.40. The summed E-state index contributed by atoms with van der Waals surface area (Å²) in [4.78, 5) is 39.6. The number of amides is 3. The van der Waals surface area contributed by atoms with Gasteiger partial charge in [-0.2, -0.15) is 0 Å². The van der Waals surface area contributed by atoms with Gasteiger partial charge in [-0.3, -0.25) is 19.3 Å². The maximum Gasteiger partial charge on any atom is 0.233 e. The van der Waals surface area contributed by atoms with E-state index in [2.05, 4.69) is 17.5 Å². The van der Waals surface area contributed by atoms with Crippen LogP contribution in [-0.2, 0) is 20.8 Å². The molecule has 0 aromatic heterocycles. The van der Waals surface area contributed by atoms with E-state index in [-0.39, 0.29) is 54.4 Å². The van der Waals surface area contributed by atoms with Crippen LogP contribution in [0.1, 0.15) is 25.3 Å². The minimum atomic E-state index is -0.180. The molecule has 4 aliphatic carbocycles. The summed E-state index contributed by atoms with van der Waals surface area (Å²) in [5, 5.41) is 2.92. The summed E-state index contributed by atoms with van der Waals surface area (Å²) in [5.74, 6) is 1.04. The molecule has 1 aromatic rings. The second-order valence-corrected chi connectivity index (χ2v) is 8.29. The Morgan fingerprint density at radius 3 is 2.33 bits per heavy atom. The van der Waals surface area contributed by atoms with Gasteiger partial charge >= 0.3 is 0 Å². The highest BCUT2D eigenvalue weighted by atomic mass is 16.2. The average molecular weight is 364 g/mol. The number of anilines is 1. The lowest BCUT2D eigenvalue weighted by Gasteiger charge is -2.37. The highest BCUT2D eigenvalue weighted by Gasteiger charge is 2.66. The molecule has 5 heteroatoms. The minimum Gasteiger partial charge on any atom is -0.326 e. The molecule has 3 amide bonds. The van der Waals surface area contributed by atoms with Crippen LogP contribution in [0.3, 0.4) is 0 Å². The zero-order valence-electron chi connectivity index (χ0n) is 15.4. The molecule has 2 saturated carbocycles. The maximum absolute atomic E-state index is 12.9. The van der Waals surface area contributed by atoms with E-state index >= 15 is 0 Å². The molecule has 0 unspecified atom stereocenters. The number of nitrogens with one attached hydrogen (secondary N) is 1. The summed E-state index contributed by atoms with van der Waals surface area (Å²) in [6.45, 7) is 2.22. The number of benzene rings is 1. The van der Waals surface area contributed by atoms with Gasteiger partial charge in [0.15, 0.2) is 0 Å². The maximum atomic E-state index is 12.9. The number of carbonyl (C=O) groups excluding carboxylic acids is 3. The fourth-order valence-electron chi connectivity index (χ4n) is 5.62. The van der Waals surface area contributed by atoms with Crippen LogP contribution in [-0.4, -0.2) is 29.2 Å². The van der Waals surface area contributed by atoms with Crippen LogP contribution < -0.4 is 5.32 Å². The second kappa shape index (κ2) is 6.04. The Morgan fingerprint density at radius 1 is 1.07 bits per heavy atom. The van der Waals surface area contributed by atoms with E-state index in [1.165, 1.54) is 4.90 Å². The van der Waals surface area contributed by atoms with Crippen LogP contribution in [0.15, 0.2) is 36.4 Å². The zero-order valence-corrected chi connectivity index (χ0v) is 15.4. The molecule has 27 heavy (non-hydrogen) atoms. The summed E-state index contributed by atoms with van der Waals surface area (Å²) < 4.78 is 0. The van der Waals surface area contributed by atoms with E-state index in [1.807, 2.05) is 31.2 Å². The van der Waals surface area contributed by atoms with Crippen molar-refractivity contribution in [3.05, 3.63) is 42.0 Å². The monoisotopic (exact) mass is 364 g/mol. The number of hydrogen-bond acceptors (Lipinski definition) is 3. The van der Waals surface area contributed by atoms with Crippen LogP contribution in [0.5, 0.6) is 0 Å². The molecule has 5 aliphatic rings. The first kappa shape index (κ1) is 16.7. The van der Waals surface area contributed by atoms with Gasteiger partial charge in [0, 0.05) is 18.7 Å². The van der Waals surface area contributed by atoms with Gasteiger partial charge in [-0.25, -0.2) is 0 Å². The molecule has 3 fully saturated rings. The van der Waals surface area contributed by atoms with Gasteiger partial charge in [0.25, 0.3) is 0 Å². The third-order valence-corrected chi connectivity index (χ3v) is 6.99. The molecule has 6 rings (SSSR count). The van der Waals surface area contributed by atoms with Crippen molar-refractivity contribution in [1.29, 1.82) is 0 Å². The van der Waals surface area contributed by atoms with Crippen LogP contribution in [0.25, 0.3) is 0 Å². The van der Waals surface area contributed by atoms with Gasteiger partial charge in [-0.1, -0.05) is 37.3 Å². The molecule has 6 atom stereocenters. The Kier molecular flexibility index (Phi) is 3.74. The largest absolute Gasteiger partial charge is 0.326 e. The first-order valence-corrected chi connectivity index (χ1v) is 10.0. The van der Waals surface area contributed by atoms with Crippen molar-refractivity contribution in [3.8, 4) is 0 Å². The van der Waals surface area contributed by atoms with E-state index in [1.54, 1.807) is 0 Å². The zero-order chi connectivity index (χ0) is 18.7. The summed E-state index contributed by atoms with van der Waals surface area (Å²) in [5.41, 5.74) is 1.88. The molecule has 2 bridgehead atoms. The number of rotatable bonds is 5.